The van der Waals surface area contributed by atoms with Crippen LogP contribution in [0.5, 0.6) is 0 Å². The summed E-state index contributed by atoms with van der Waals surface area (Å²) in [4.78, 5) is 11.9. The lowest BCUT2D eigenvalue weighted by Gasteiger charge is -2.18. The number of rotatable bonds is 4. The van der Waals surface area contributed by atoms with Crippen molar-refractivity contribution >= 4 is 50.7 Å². The number of halogens is 3. The molecule has 0 fully saturated rings. The van der Waals surface area contributed by atoms with Crippen LogP contribution in [0.25, 0.3) is 0 Å². The van der Waals surface area contributed by atoms with Crippen LogP contribution in [0.1, 0.15) is 20.3 Å². The minimum Gasteiger partial charge on any atom is -0.322 e. The maximum atomic E-state index is 11.9. The quantitative estimate of drug-likeness (QED) is 0.857. The van der Waals surface area contributed by atoms with Gasteiger partial charge in [-0.1, -0.05) is 59.4 Å². The van der Waals surface area contributed by atoms with E-state index in [0.29, 0.717) is 15.7 Å². The van der Waals surface area contributed by atoms with Crippen LogP contribution >= 0.6 is 39.1 Å². The van der Waals surface area contributed by atoms with E-state index in [2.05, 4.69) is 21.2 Å². The van der Waals surface area contributed by atoms with E-state index >= 15 is 0 Å². The molecule has 3 nitrogen and oxygen atoms in total. The maximum absolute atomic E-state index is 11.9. The van der Waals surface area contributed by atoms with Crippen LogP contribution in [0.15, 0.2) is 16.6 Å². The summed E-state index contributed by atoms with van der Waals surface area (Å²) in [6.45, 7) is 3.91. The number of hydrogen-bond donors (Lipinski definition) is 2. The smallest absolute Gasteiger partial charge is 0.241 e. The van der Waals surface area contributed by atoms with Crippen molar-refractivity contribution in [3.8, 4) is 0 Å². The van der Waals surface area contributed by atoms with E-state index in [1.54, 1.807) is 12.1 Å². The molecule has 3 N–H and O–H groups in total. The van der Waals surface area contributed by atoms with E-state index in [0.717, 1.165) is 10.9 Å². The van der Waals surface area contributed by atoms with Crippen LogP contribution in [0.2, 0.25) is 10.0 Å². The second-order valence-electron chi connectivity index (χ2n) is 4.15. The van der Waals surface area contributed by atoms with E-state index in [9.17, 15) is 4.79 Å². The molecular formula is C12H15BrCl2N2O. The van der Waals surface area contributed by atoms with Gasteiger partial charge in [-0.15, -0.1) is 0 Å². The molecule has 1 rings (SSSR count). The molecule has 2 atom stereocenters. The highest BCUT2D eigenvalue weighted by Gasteiger charge is 2.21. The molecule has 1 aromatic rings. The Morgan fingerprint density at radius 2 is 1.94 bits per heavy atom. The second kappa shape index (κ2) is 6.75. The van der Waals surface area contributed by atoms with Crippen LogP contribution in [0.3, 0.4) is 0 Å². The van der Waals surface area contributed by atoms with Gasteiger partial charge in [-0.05, 0) is 18.1 Å². The van der Waals surface area contributed by atoms with E-state index in [1.165, 1.54) is 0 Å². The van der Waals surface area contributed by atoms with Gasteiger partial charge in [0.15, 0.2) is 0 Å². The number of carbonyl (C=O) groups excluding carboxylic acids is 1. The van der Waals surface area contributed by atoms with Crippen molar-refractivity contribution in [2.75, 3.05) is 5.32 Å². The van der Waals surface area contributed by atoms with E-state index in [1.807, 2.05) is 13.8 Å². The van der Waals surface area contributed by atoms with Crippen LogP contribution in [-0.2, 0) is 4.79 Å². The summed E-state index contributed by atoms with van der Waals surface area (Å²) in [7, 11) is 0. The van der Waals surface area contributed by atoms with Crippen molar-refractivity contribution < 1.29 is 4.79 Å². The van der Waals surface area contributed by atoms with E-state index in [-0.39, 0.29) is 11.8 Å². The van der Waals surface area contributed by atoms with Crippen molar-refractivity contribution in [2.45, 2.75) is 26.3 Å². The lowest BCUT2D eigenvalue weighted by Crippen LogP contribution is -2.40. The first-order chi connectivity index (χ1) is 8.36. The predicted molar refractivity (Wildman–Crippen MR) is 80.2 cm³/mol. The van der Waals surface area contributed by atoms with Gasteiger partial charge in [-0.25, -0.2) is 0 Å². The van der Waals surface area contributed by atoms with Gasteiger partial charge >= 0.3 is 0 Å². The summed E-state index contributed by atoms with van der Waals surface area (Å²) < 4.78 is 0.752. The molecule has 0 heterocycles. The van der Waals surface area contributed by atoms with E-state index in [4.69, 9.17) is 28.9 Å². The number of nitrogens with two attached hydrogens (primary N) is 1. The van der Waals surface area contributed by atoms with Gasteiger partial charge < -0.3 is 11.1 Å². The fourth-order valence-corrected chi connectivity index (χ4v) is 2.68. The zero-order valence-corrected chi connectivity index (χ0v) is 13.2. The number of nitrogens with one attached hydrogen (secondary N) is 1. The highest BCUT2D eigenvalue weighted by Crippen LogP contribution is 2.33. The molecule has 0 aliphatic carbocycles. The zero-order chi connectivity index (χ0) is 13.9. The Kier molecular flexibility index (Phi) is 5.92. The van der Waals surface area contributed by atoms with Gasteiger partial charge in [-0.3, -0.25) is 4.79 Å². The lowest BCUT2D eigenvalue weighted by molar-refractivity contribution is -0.118. The SMILES string of the molecule is CCC(C)[C@H](N)C(=O)Nc1c(Cl)cc(Br)cc1Cl. The molecule has 1 aromatic carbocycles. The van der Waals surface area contributed by atoms with Gasteiger partial charge in [-0.2, -0.15) is 0 Å². The summed E-state index contributed by atoms with van der Waals surface area (Å²) in [5, 5.41) is 3.42. The third-order valence-electron chi connectivity index (χ3n) is 2.81. The fourth-order valence-electron chi connectivity index (χ4n) is 1.38. The van der Waals surface area contributed by atoms with Gasteiger partial charge in [0.2, 0.25) is 5.91 Å². The summed E-state index contributed by atoms with van der Waals surface area (Å²) >= 11 is 15.3. The summed E-state index contributed by atoms with van der Waals surface area (Å²) in [6.07, 6.45) is 0.830. The zero-order valence-electron chi connectivity index (χ0n) is 10.1. The monoisotopic (exact) mass is 352 g/mol. The Hall–Kier alpha value is -0.290. The first kappa shape index (κ1) is 15.8. The van der Waals surface area contributed by atoms with Crippen molar-refractivity contribution in [1.82, 2.24) is 0 Å². The van der Waals surface area contributed by atoms with Crippen LogP contribution in [0.4, 0.5) is 5.69 Å². The molecular weight excluding hydrogens is 339 g/mol. The Balaban J connectivity index is 2.89. The van der Waals surface area contributed by atoms with Crippen molar-refractivity contribution in [3.05, 3.63) is 26.7 Å². The number of benzene rings is 1. The Morgan fingerprint density at radius 1 is 1.44 bits per heavy atom. The molecule has 0 saturated carbocycles. The van der Waals surface area contributed by atoms with Gasteiger partial charge in [0.1, 0.15) is 0 Å². The lowest BCUT2D eigenvalue weighted by atomic mass is 9.99. The second-order valence-corrected chi connectivity index (χ2v) is 5.88. The minimum atomic E-state index is -0.578. The number of carbonyl (C=O) groups is 1. The standard InChI is InChI=1S/C12H15BrCl2N2O/c1-3-6(2)10(16)12(18)17-11-8(14)4-7(13)5-9(11)15/h4-6,10H,3,16H2,1-2H3,(H,17,18)/t6?,10-/m0/s1. The number of hydrogen-bond acceptors (Lipinski definition) is 2. The summed E-state index contributed by atoms with van der Waals surface area (Å²) in [5.41, 5.74) is 6.24. The van der Waals surface area contributed by atoms with Crippen molar-refractivity contribution in [2.24, 2.45) is 11.7 Å². The Morgan fingerprint density at radius 3 is 2.39 bits per heavy atom. The molecule has 1 unspecified atom stereocenters. The number of amides is 1. The first-order valence-corrected chi connectivity index (χ1v) is 7.12. The third kappa shape index (κ3) is 3.85. The van der Waals surface area contributed by atoms with Crippen LogP contribution in [-0.4, -0.2) is 11.9 Å². The topological polar surface area (TPSA) is 55.1 Å². The van der Waals surface area contributed by atoms with E-state index < -0.39 is 6.04 Å². The molecule has 0 aliphatic rings. The molecule has 0 aliphatic heterocycles. The molecule has 100 valence electrons. The van der Waals surface area contributed by atoms with Gasteiger partial charge in [0, 0.05) is 4.47 Å². The molecule has 18 heavy (non-hydrogen) atoms. The highest BCUT2D eigenvalue weighted by atomic mass is 79.9. The van der Waals surface area contributed by atoms with Crippen molar-refractivity contribution in [1.29, 1.82) is 0 Å². The molecule has 6 heteroatoms. The Bertz CT molecular complexity index is 431. The third-order valence-corrected chi connectivity index (χ3v) is 3.87. The normalized spacial score (nSPS) is 14.1. The molecule has 1 amide bonds. The average Bonchev–Trinajstić information content (AvgIpc) is 2.31. The molecule has 0 aromatic heterocycles. The predicted octanol–water partition coefficient (Wildman–Crippen LogP) is 4.07. The van der Waals surface area contributed by atoms with Gasteiger partial charge in [0.05, 0.1) is 21.8 Å². The molecule has 0 spiro atoms. The average molecular weight is 354 g/mol. The van der Waals surface area contributed by atoms with Crippen LogP contribution in [0, 0.1) is 5.92 Å². The molecule has 0 saturated heterocycles. The van der Waals surface area contributed by atoms with Gasteiger partial charge in [0.25, 0.3) is 0 Å². The number of anilines is 1. The largest absolute Gasteiger partial charge is 0.322 e. The fraction of sp³-hybridized carbons (Fsp3) is 0.417. The highest BCUT2D eigenvalue weighted by molar-refractivity contribution is 9.10. The summed E-state index contributed by atoms with van der Waals surface area (Å²) in [5.74, 6) is -0.187. The van der Waals surface area contributed by atoms with Crippen molar-refractivity contribution in [3.63, 3.8) is 0 Å². The van der Waals surface area contributed by atoms with Crippen LogP contribution < -0.4 is 11.1 Å². The molecule has 0 radical (unpaired) electrons. The summed E-state index contributed by atoms with van der Waals surface area (Å²) in [6, 6.07) is 2.75. The maximum Gasteiger partial charge on any atom is 0.241 e. The molecule has 0 bridgehead atoms. The first-order valence-electron chi connectivity index (χ1n) is 5.57. The Labute approximate surface area is 125 Å². The minimum absolute atomic E-state index is 0.0954.